The van der Waals surface area contributed by atoms with Gasteiger partial charge in [0.05, 0.1) is 0 Å². The lowest BCUT2D eigenvalue weighted by atomic mass is 10.0. The first-order valence-corrected chi connectivity index (χ1v) is 6.18. The van der Waals surface area contributed by atoms with Crippen molar-refractivity contribution in [1.82, 2.24) is 10.6 Å². The fourth-order valence-corrected chi connectivity index (χ4v) is 1.65. The normalized spacial score (nSPS) is 13.3. The third-order valence-corrected chi connectivity index (χ3v) is 2.79. The van der Waals surface area contributed by atoms with Gasteiger partial charge in [0.15, 0.2) is 5.96 Å². The Kier molecular flexibility index (Phi) is 5.53. The zero-order chi connectivity index (χ0) is 12.7. The molecular formula is C14H23N3. The Morgan fingerprint density at radius 1 is 1.24 bits per heavy atom. The molecular weight excluding hydrogens is 210 g/mol. The molecule has 0 amide bonds. The van der Waals surface area contributed by atoms with Crippen LogP contribution < -0.4 is 10.6 Å². The Balaban J connectivity index is 2.49. The molecule has 17 heavy (non-hydrogen) atoms. The highest BCUT2D eigenvalue weighted by Crippen LogP contribution is 2.14. The van der Waals surface area contributed by atoms with E-state index in [9.17, 15) is 0 Å². The number of nitrogens with zero attached hydrogens (tertiary/aromatic N) is 1. The summed E-state index contributed by atoms with van der Waals surface area (Å²) in [7, 11) is 1.79. The maximum absolute atomic E-state index is 4.15. The van der Waals surface area contributed by atoms with Crippen LogP contribution >= 0.6 is 0 Å². The molecule has 0 fully saturated rings. The second-order valence-electron chi connectivity index (χ2n) is 4.30. The van der Waals surface area contributed by atoms with E-state index in [0.717, 1.165) is 19.0 Å². The third kappa shape index (κ3) is 4.47. The van der Waals surface area contributed by atoms with Gasteiger partial charge in [-0.2, -0.15) is 0 Å². The molecule has 1 rings (SSSR count). The van der Waals surface area contributed by atoms with Crippen molar-refractivity contribution in [1.29, 1.82) is 0 Å². The van der Waals surface area contributed by atoms with Crippen molar-refractivity contribution in [3.63, 3.8) is 0 Å². The van der Waals surface area contributed by atoms with E-state index in [0.29, 0.717) is 5.92 Å². The summed E-state index contributed by atoms with van der Waals surface area (Å²) in [6.07, 6.45) is 0. The van der Waals surface area contributed by atoms with Gasteiger partial charge in [-0.25, -0.2) is 0 Å². The molecule has 0 aromatic heterocycles. The van der Waals surface area contributed by atoms with Crippen molar-refractivity contribution >= 4 is 5.96 Å². The second kappa shape index (κ2) is 6.94. The number of benzene rings is 1. The van der Waals surface area contributed by atoms with Crippen molar-refractivity contribution in [3.8, 4) is 0 Å². The summed E-state index contributed by atoms with van der Waals surface area (Å²) < 4.78 is 0. The SMILES string of the molecule is CCNC(=NC)NCC(C)c1ccc(C)cc1. The summed E-state index contributed by atoms with van der Waals surface area (Å²) in [6, 6.07) is 8.70. The van der Waals surface area contributed by atoms with E-state index in [2.05, 4.69) is 60.7 Å². The lowest BCUT2D eigenvalue weighted by Gasteiger charge is -2.15. The van der Waals surface area contributed by atoms with E-state index in [-0.39, 0.29) is 0 Å². The predicted octanol–water partition coefficient (Wildman–Crippen LogP) is 2.28. The predicted molar refractivity (Wildman–Crippen MR) is 74.6 cm³/mol. The van der Waals surface area contributed by atoms with Crippen LogP contribution in [-0.4, -0.2) is 26.1 Å². The lowest BCUT2D eigenvalue weighted by Crippen LogP contribution is -2.38. The molecule has 0 spiro atoms. The van der Waals surface area contributed by atoms with Crippen LogP contribution in [0.3, 0.4) is 0 Å². The Bertz CT molecular complexity index is 354. The number of nitrogens with one attached hydrogen (secondary N) is 2. The van der Waals surface area contributed by atoms with Crippen molar-refractivity contribution in [2.45, 2.75) is 26.7 Å². The van der Waals surface area contributed by atoms with Crippen LogP contribution in [0.1, 0.15) is 30.9 Å². The zero-order valence-electron chi connectivity index (χ0n) is 11.2. The van der Waals surface area contributed by atoms with Gasteiger partial charge < -0.3 is 10.6 Å². The van der Waals surface area contributed by atoms with E-state index >= 15 is 0 Å². The number of rotatable bonds is 4. The van der Waals surface area contributed by atoms with Gasteiger partial charge in [-0.3, -0.25) is 4.99 Å². The first kappa shape index (κ1) is 13.6. The minimum atomic E-state index is 0.478. The fourth-order valence-electron chi connectivity index (χ4n) is 1.65. The van der Waals surface area contributed by atoms with Gasteiger partial charge in [0.1, 0.15) is 0 Å². The largest absolute Gasteiger partial charge is 0.357 e. The molecule has 1 atom stereocenters. The highest BCUT2D eigenvalue weighted by molar-refractivity contribution is 5.79. The minimum absolute atomic E-state index is 0.478. The molecule has 2 N–H and O–H groups in total. The number of guanidine groups is 1. The lowest BCUT2D eigenvalue weighted by molar-refractivity contribution is 0.702. The van der Waals surface area contributed by atoms with Crippen molar-refractivity contribution in [3.05, 3.63) is 35.4 Å². The molecule has 3 heteroatoms. The molecule has 0 aliphatic heterocycles. The van der Waals surface area contributed by atoms with Gasteiger partial charge in [-0.05, 0) is 25.3 Å². The van der Waals surface area contributed by atoms with Crippen LogP contribution in [0.15, 0.2) is 29.3 Å². The summed E-state index contributed by atoms with van der Waals surface area (Å²) in [6.45, 7) is 8.17. The Hall–Kier alpha value is -1.51. The molecule has 3 nitrogen and oxygen atoms in total. The van der Waals surface area contributed by atoms with Crippen molar-refractivity contribution in [2.75, 3.05) is 20.1 Å². The summed E-state index contributed by atoms with van der Waals surface area (Å²) in [5.41, 5.74) is 2.66. The topological polar surface area (TPSA) is 36.4 Å². The van der Waals surface area contributed by atoms with Crippen molar-refractivity contribution < 1.29 is 0 Å². The molecule has 94 valence electrons. The Morgan fingerprint density at radius 2 is 1.88 bits per heavy atom. The van der Waals surface area contributed by atoms with Gasteiger partial charge in [0.2, 0.25) is 0 Å². The summed E-state index contributed by atoms with van der Waals surface area (Å²) >= 11 is 0. The number of aryl methyl sites for hydroxylation is 1. The van der Waals surface area contributed by atoms with Gasteiger partial charge in [-0.1, -0.05) is 36.8 Å². The van der Waals surface area contributed by atoms with Crippen LogP contribution in [0.4, 0.5) is 0 Å². The van der Waals surface area contributed by atoms with E-state index in [1.54, 1.807) is 7.05 Å². The molecule has 0 heterocycles. The van der Waals surface area contributed by atoms with E-state index < -0.39 is 0 Å². The van der Waals surface area contributed by atoms with Crippen LogP contribution in [-0.2, 0) is 0 Å². The minimum Gasteiger partial charge on any atom is -0.357 e. The highest BCUT2D eigenvalue weighted by atomic mass is 15.2. The third-order valence-electron chi connectivity index (χ3n) is 2.79. The Labute approximate surface area is 104 Å². The zero-order valence-corrected chi connectivity index (χ0v) is 11.2. The number of hydrogen-bond acceptors (Lipinski definition) is 1. The maximum Gasteiger partial charge on any atom is 0.190 e. The van der Waals surface area contributed by atoms with E-state index in [1.807, 2.05) is 0 Å². The molecule has 0 bridgehead atoms. The molecule has 0 aliphatic rings. The molecule has 0 saturated carbocycles. The smallest absolute Gasteiger partial charge is 0.190 e. The van der Waals surface area contributed by atoms with Crippen LogP contribution in [0, 0.1) is 6.92 Å². The fraction of sp³-hybridized carbons (Fsp3) is 0.500. The number of aliphatic imine (C=N–C) groups is 1. The van der Waals surface area contributed by atoms with Crippen LogP contribution in [0.5, 0.6) is 0 Å². The first-order chi connectivity index (χ1) is 8.17. The van der Waals surface area contributed by atoms with Gasteiger partial charge in [0.25, 0.3) is 0 Å². The molecule has 0 aliphatic carbocycles. The summed E-state index contributed by atoms with van der Waals surface area (Å²) in [4.78, 5) is 4.15. The summed E-state index contributed by atoms with van der Waals surface area (Å²) in [5, 5.41) is 6.51. The van der Waals surface area contributed by atoms with Gasteiger partial charge in [-0.15, -0.1) is 0 Å². The molecule has 1 unspecified atom stereocenters. The van der Waals surface area contributed by atoms with E-state index in [4.69, 9.17) is 0 Å². The Morgan fingerprint density at radius 3 is 2.41 bits per heavy atom. The van der Waals surface area contributed by atoms with Crippen LogP contribution in [0.25, 0.3) is 0 Å². The first-order valence-electron chi connectivity index (χ1n) is 6.18. The van der Waals surface area contributed by atoms with Gasteiger partial charge >= 0.3 is 0 Å². The number of hydrogen-bond donors (Lipinski definition) is 2. The average Bonchev–Trinajstić information content (AvgIpc) is 2.35. The molecule has 0 saturated heterocycles. The van der Waals surface area contributed by atoms with E-state index in [1.165, 1.54) is 11.1 Å². The van der Waals surface area contributed by atoms with Crippen LogP contribution in [0.2, 0.25) is 0 Å². The molecule has 0 radical (unpaired) electrons. The van der Waals surface area contributed by atoms with Crippen molar-refractivity contribution in [2.24, 2.45) is 4.99 Å². The standard InChI is InChI=1S/C14H23N3/c1-5-16-14(15-4)17-10-12(3)13-8-6-11(2)7-9-13/h6-9,12H,5,10H2,1-4H3,(H2,15,16,17). The quantitative estimate of drug-likeness (QED) is 0.618. The average molecular weight is 233 g/mol. The second-order valence-corrected chi connectivity index (χ2v) is 4.30. The molecule has 1 aromatic rings. The monoisotopic (exact) mass is 233 g/mol. The summed E-state index contributed by atoms with van der Waals surface area (Å²) in [5.74, 6) is 1.34. The highest BCUT2D eigenvalue weighted by Gasteiger charge is 2.05. The maximum atomic E-state index is 4.15. The molecule has 1 aromatic carbocycles. The van der Waals surface area contributed by atoms with Gasteiger partial charge in [0, 0.05) is 20.1 Å².